The van der Waals surface area contributed by atoms with E-state index in [1.54, 1.807) is 6.20 Å². The van der Waals surface area contributed by atoms with Crippen LogP contribution in [-0.2, 0) is 6.54 Å². The maximum absolute atomic E-state index is 13.1. The zero-order valence-electron chi connectivity index (χ0n) is 17.2. The summed E-state index contributed by atoms with van der Waals surface area (Å²) in [4.78, 5) is 17.7. The molecule has 1 atom stereocenters. The Labute approximate surface area is 184 Å². The molecule has 0 aliphatic rings. The van der Waals surface area contributed by atoms with Crippen molar-refractivity contribution in [2.24, 2.45) is 0 Å². The molecule has 0 aliphatic carbocycles. The highest BCUT2D eigenvalue weighted by Crippen LogP contribution is 2.24. The number of fused-ring (bicyclic) bond motifs is 1. The van der Waals surface area contributed by atoms with E-state index in [0.29, 0.717) is 12.1 Å². The summed E-state index contributed by atoms with van der Waals surface area (Å²) < 4.78 is 1.90. The lowest BCUT2D eigenvalue weighted by Gasteiger charge is -2.13. The van der Waals surface area contributed by atoms with Crippen LogP contribution >= 0.6 is 24.8 Å². The summed E-state index contributed by atoms with van der Waals surface area (Å²) in [7, 11) is 0. The molecule has 158 valence electrons. The van der Waals surface area contributed by atoms with Gasteiger partial charge in [0, 0.05) is 17.9 Å². The SMILES string of the molecule is CCNCc1ccccc1NC(=O)c1cc(C)nc2c1cnn2C(C)CC.Cl.Cl. The molecule has 8 heteroatoms. The van der Waals surface area contributed by atoms with Gasteiger partial charge in [-0.2, -0.15) is 5.10 Å². The van der Waals surface area contributed by atoms with Gasteiger partial charge < -0.3 is 10.6 Å². The normalized spacial score (nSPS) is 11.4. The summed E-state index contributed by atoms with van der Waals surface area (Å²) in [6.45, 7) is 9.77. The lowest BCUT2D eigenvalue weighted by atomic mass is 10.1. The third-order valence-corrected chi connectivity index (χ3v) is 4.78. The number of para-hydroxylation sites is 1. The van der Waals surface area contributed by atoms with Crippen LogP contribution in [-0.4, -0.2) is 27.2 Å². The number of pyridine rings is 1. The van der Waals surface area contributed by atoms with Crippen LogP contribution in [0.1, 0.15) is 54.8 Å². The van der Waals surface area contributed by atoms with E-state index in [2.05, 4.69) is 41.5 Å². The van der Waals surface area contributed by atoms with Gasteiger partial charge in [-0.15, -0.1) is 24.8 Å². The van der Waals surface area contributed by atoms with E-state index in [0.717, 1.165) is 40.9 Å². The Hall–Kier alpha value is -2.15. The molecule has 0 saturated carbocycles. The van der Waals surface area contributed by atoms with Crippen LogP contribution in [0.3, 0.4) is 0 Å². The Kier molecular flexibility index (Phi) is 9.56. The topological polar surface area (TPSA) is 71.8 Å². The fourth-order valence-electron chi connectivity index (χ4n) is 3.07. The van der Waals surface area contributed by atoms with E-state index in [1.165, 1.54) is 0 Å². The molecular weight excluding hydrogens is 409 g/mol. The predicted octanol–water partition coefficient (Wildman–Crippen LogP) is 4.92. The van der Waals surface area contributed by atoms with Gasteiger partial charge in [-0.25, -0.2) is 9.67 Å². The van der Waals surface area contributed by atoms with Crippen LogP contribution in [0.5, 0.6) is 0 Å². The van der Waals surface area contributed by atoms with Crippen LogP contribution in [0.4, 0.5) is 5.69 Å². The first-order valence-corrected chi connectivity index (χ1v) is 9.50. The molecule has 3 rings (SSSR count). The number of anilines is 1. The minimum absolute atomic E-state index is 0. The van der Waals surface area contributed by atoms with Gasteiger partial charge in [0.25, 0.3) is 5.91 Å². The smallest absolute Gasteiger partial charge is 0.256 e. The highest BCUT2D eigenvalue weighted by Gasteiger charge is 2.18. The Morgan fingerprint density at radius 3 is 2.62 bits per heavy atom. The Bertz CT molecular complexity index is 957. The molecule has 0 fully saturated rings. The first-order chi connectivity index (χ1) is 13.0. The number of benzene rings is 1. The van der Waals surface area contributed by atoms with E-state index < -0.39 is 0 Å². The second-order valence-electron chi connectivity index (χ2n) is 6.79. The lowest BCUT2D eigenvalue weighted by Crippen LogP contribution is -2.17. The molecule has 6 nitrogen and oxygen atoms in total. The van der Waals surface area contributed by atoms with E-state index in [-0.39, 0.29) is 36.8 Å². The van der Waals surface area contributed by atoms with E-state index in [1.807, 2.05) is 41.9 Å². The van der Waals surface area contributed by atoms with Crippen molar-refractivity contribution in [1.82, 2.24) is 20.1 Å². The fraction of sp³-hybridized carbons (Fsp3) is 0.381. The molecule has 0 aliphatic heterocycles. The van der Waals surface area contributed by atoms with Crippen molar-refractivity contribution < 1.29 is 4.79 Å². The van der Waals surface area contributed by atoms with Gasteiger partial charge in [0.05, 0.1) is 23.2 Å². The number of carbonyl (C=O) groups excluding carboxylic acids is 1. The van der Waals surface area contributed by atoms with Gasteiger partial charge in [-0.3, -0.25) is 4.79 Å². The quantitative estimate of drug-likeness (QED) is 0.550. The summed E-state index contributed by atoms with van der Waals surface area (Å²) in [5.74, 6) is -0.141. The Morgan fingerprint density at radius 2 is 1.93 bits per heavy atom. The molecule has 0 spiro atoms. The molecule has 0 radical (unpaired) electrons. The van der Waals surface area contributed by atoms with Gasteiger partial charge in [-0.1, -0.05) is 32.0 Å². The average Bonchev–Trinajstić information content (AvgIpc) is 3.09. The van der Waals surface area contributed by atoms with E-state index in [9.17, 15) is 4.79 Å². The van der Waals surface area contributed by atoms with Gasteiger partial charge in [0.15, 0.2) is 5.65 Å². The summed E-state index contributed by atoms with van der Waals surface area (Å²) in [5.41, 5.74) is 4.05. The molecular formula is C21H29Cl2N5O. The first kappa shape index (κ1) is 24.9. The van der Waals surface area contributed by atoms with E-state index in [4.69, 9.17) is 0 Å². The standard InChI is InChI=1S/C21H27N5O.2ClH/c1-5-15(4)26-20-18(13-23-26)17(11-14(3)24-20)21(27)25-19-10-8-7-9-16(19)12-22-6-2;;/h7-11,13,15,22H,5-6,12H2,1-4H3,(H,25,27);2*1H. The minimum atomic E-state index is -0.141. The summed E-state index contributed by atoms with van der Waals surface area (Å²) in [5, 5.41) is 11.6. The molecule has 1 amide bonds. The molecule has 2 N–H and O–H groups in total. The summed E-state index contributed by atoms with van der Waals surface area (Å²) in [6, 6.07) is 9.92. The van der Waals surface area contributed by atoms with Crippen molar-refractivity contribution in [3.8, 4) is 0 Å². The highest BCUT2D eigenvalue weighted by molar-refractivity contribution is 6.12. The number of aromatic nitrogens is 3. The number of aryl methyl sites for hydroxylation is 1. The molecule has 1 aromatic carbocycles. The number of hydrogen-bond donors (Lipinski definition) is 2. The van der Waals surface area contributed by atoms with Crippen LogP contribution in [0.15, 0.2) is 36.5 Å². The van der Waals surface area contributed by atoms with Gasteiger partial charge in [-0.05, 0) is 44.5 Å². The van der Waals surface area contributed by atoms with Crippen molar-refractivity contribution >= 4 is 47.4 Å². The monoisotopic (exact) mass is 437 g/mol. The van der Waals surface area contributed by atoms with Crippen molar-refractivity contribution in [3.05, 3.63) is 53.3 Å². The summed E-state index contributed by atoms with van der Waals surface area (Å²) >= 11 is 0. The number of carbonyl (C=O) groups is 1. The maximum atomic E-state index is 13.1. The van der Waals surface area contributed by atoms with Gasteiger partial charge in [0.1, 0.15) is 0 Å². The van der Waals surface area contributed by atoms with Crippen molar-refractivity contribution in [3.63, 3.8) is 0 Å². The molecule has 29 heavy (non-hydrogen) atoms. The zero-order valence-corrected chi connectivity index (χ0v) is 18.9. The lowest BCUT2D eigenvalue weighted by molar-refractivity contribution is 0.102. The van der Waals surface area contributed by atoms with Crippen LogP contribution < -0.4 is 10.6 Å². The molecule has 2 heterocycles. The van der Waals surface area contributed by atoms with Crippen LogP contribution in [0, 0.1) is 6.92 Å². The number of hydrogen-bond acceptors (Lipinski definition) is 4. The zero-order chi connectivity index (χ0) is 19.4. The van der Waals surface area contributed by atoms with Crippen LogP contribution in [0.2, 0.25) is 0 Å². The van der Waals surface area contributed by atoms with Crippen LogP contribution in [0.25, 0.3) is 11.0 Å². The number of halogens is 2. The predicted molar refractivity (Wildman–Crippen MR) is 124 cm³/mol. The fourth-order valence-corrected chi connectivity index (χ4v) is 3.07. The largest absolute Gasteiger partial charge is 0.322 e. The summed E-state index contributed by atoms with van der Waals surface area (Å²) in [6.07, 6.45) is 2.69. The number of nitrogens with zero attached hydrogens (tertiary/aromatic N) is 3. The number of rotatable bonds is 7. The highest BCUT2D eigenvalue weighted by atomic mass is 35.5. The van der Waals surface area contributed by atoms with E-state index >= 15 is 0 Å². The number of amides is 1. The van der Waals surface area contributed by atoms with Crippen molar-refractivity contribution in [2.75, 3.05) is 11.9 Å². The molecule has 2 aromatic heterocycles. The second-order valence-corrected chi connectivity index (χ2v) is 6.79. The maximum Gasteiger partial charge on any atom is 0.256 e. The third kappa shape index (κ3) is 5.47. The van der Waals surface area contributed by atoms with Gasteiger partial charge in [0.2, 0.25) is 0 Å². The molecule has 1 unspecified atom stereocenters. The first-order valence-electron chi connectivity index (χ1n) is 9.50. The van der Waals surface area contributed by atoms with Crippen molar-refractivity contribution in [2.45, 2.75) is 46.7 Å². The number of nitrogens with one attached hydrogen (secondary N) is 2. The third-order valence-electron chi connectivity index (χ3n) is 4.78. The second kappa shape index (κ2) is 11.1. The Morgan fingerprint density at radius 1 is 1.21 bits per heavy atom. The molecule has 0 bridgehead atoms. The van der Waals surface area contributed by atoms with Crippen molar-refractivity contribution in [1.29, 1.82) is 0 Å². The Balaban J connectivity index is 0.00000210. The molecule has 0 saturated heterocycles. The van der Waals surface area contributed by atoms with Gasteiger partial charge >= 0.3 is 0 Å². The minimum Gasteiger partial charge on any atom is -0.322 e. The average molecular weight is 438 g/mol. The molecule has 3 aromatic rings.